The van der Waals surface area contributed by atoms with Gasteiger partial charge in [0, 0.05) is 48.9 Å². The average molecular weight is 846 g/mol. The molecule has 1 fully saturated rings. The minimum absolute atomic E-state index is 0.00982. The van der Waals surface area contributed by atoms with Crippen molar-refractivity contribution in [3.63, 3.8) is 0 Å². The van der Waals surface area contributed by atoms with Gasteiger partial charge in [-0.2, -0.15) is 0 Å². The second-order valence-electron chi connectivity index (χ2n) is 15.8. The molecule has 0 spiro atoms. The molecule has 2 aromatic carbocycles. The number of unbranched alkanes of at least 4 members (excludes halogenated alkanes) is 3. The number of carbonyl (C=O) groups excluding carboxylic acids is 2. The molecule has 0 bridgehead atoms. The summed E-state index contributed by atoms with van der Waals surface area (Å²) in [5, 5.41) is 23.8. The number of hydrogen-bond acceptors (Lipinski definition) is 11. The summed E-state index contributed by atoms with van der Waals surface area (Å²) < 4.78 is 27.9. The molecule has 1 aromatic heterocycles. The molecule has 16 nitrogen and oxygen atoms in total. The van der Waals surface area contributed by atoms with Gasteiger partial charge in [0.15, 0.2) is 5.84 Å². The number of benzene rings is 2. The third kappa shape index (κ3) is 17.1. The number of carbonyl (C=O) groups is 3. The summed E-state index contributed by atoms with van der Waals surface area (Å²) in [5.41, 5.74) is 7.72. The van der Waals surface area contributed by atoms with E-state index in [9.17, 15) is 14.4 Å². The van der Waals surface area contributed by atoms with Crippen molar-refractivity contribution in [1.82, 2.24) is 15.2 Å². The van der Waals surface area contributed by atoms with Crippen LogP contribution in [0, 0.1) is 5.41 Å². The van der Waals surface area contributed by atoms with Crippen LogP contribution in [0.4, 0.5) is 10.5 Å². The van der Waals surface area contributed by atoms with E-state index < -0.39 is 23.2 Å². The second-order valence-corrected chi connectivity index (χ2v) is 15.8. The number of pyridine rings is 1. The minimum Gasteiger partial charge on any atom is -0.494 e. The number of aliphatic imine (C=N–C) groups is 1. The Bertz CT molecular complexity index is 1880. The molecule has 16 heteroatoms. The largest absolute Gasteiger partial charge is 0.494 e. The van der Waals surface area contributed by atoms with Gasteiger partial charge in [0.25, 0.3) is 5.91 Å². The first-order valence-corrected chi connectivity index (χ1v) is 20.9. The van der Waals surface area contributed by atoms with Crippen LogP contribution in [-0.2, 0) is 23.7 Å². The number of amidine groups is 2. The summed E-state index contributed by atoms with van der Waals surface area (Å²) in [7, 11) is 0. The van der Waals surface area contributed by atoms with Gasteiger partial charge >= 0.3 is 12.1 Å². The van der Waals surface area contributed by atoms with Crippen LogP contribution >= 0.6 is 0 Å². The molecule has 332 valence electrons. The van der Waals surface area contributed by atoms with E-state index in [-0.39, 0.29) is 36.6 Å². The number of likely N-dealkylation sites (tertiary alicyclic amines) is 1. The molecule has 0 saturated carbocycles. The molecular weight excluding hydrogens is 783 g/mol. The summed E-state index contributed by atoms with van der Waals surface area (Å²) in [6.45, 7) is 11.3. The first-order valence-electron chi connectivity index (χ1n) is 20.9. The quantitative estimate of drug-likeness (QED) is 0.0366. The molecule has 0 unspecified atom stereocenters. The molecular formula is C45H63N7O9. The lowest BCUT2D eigenvalue weighted by molar-refractivity contribution is -0.138. The van der Waals surface area contributed by atoms with E-state index in [0.717, 1.165) is 37.0 Å². The number of nitrogens with zero attached hydrogens (tertiary/aromatic N) is 3. The minimum atomic E-state index is -0.920. The fourth-order valence-corrected chi connectivity index (χ4v) is 6.45. The second kappa shape index (κ2) is 24.6. The van der Waals surface area contributed by atoms with Crippen molar-refractivity contribution in [2.75, 3.05) is 64.7 Å². The molecule has 1 aliphatic rings. The molecule has 0 aliphatic carbocycles. The van der Waals surface area contributed by atoms with E-state index in [1.54, 1.807) is 47.6 Å². The molecule has 2 heterocycles. The Kier molecular flexibility index (Phi) is 19.4. The molecule has 61 heavy (non-hydrogen) atoms. The summed E-state index contributed by atoms with van der Waals surface area (Å²) in [5.74, 6) is -0.212. The topological polar surface area (TPSA) is 220 Å². The van der Waals surface area contributed by atoms with Crippen molar-refractivity contribution >= 4 is 35.3 Å². The number of nitrogens with two attached hydrogens (primary N) is 1. The van der Waals surface area contributed by atoms with Gasteiger partial charge in [0.05, 0.1) is 57.6 Å². The number of anilines is 1. The Morgan fingerprint density at radius 1 is 0.869 bits per heavy atom. The van der Waals surface area contributed by atoms with Crippen molar-refractivity contribution in [2.24, 2.45) is 10.7 Å². The lowest BCUT2D eigenvalue weighted by Crippen LogP contribution is -2.58. The molecule has 3 aromatic rings. The molecule has 2 amide bonds. The number of ether oxygens (including phenoxy) is 5. The van der Waals surface area contributed by atoms with E-state index in [1.807, 2.05) is 58.0 Å². The van der Waals surface area contributed by atoms with E-state index in [1.165, 1.54) is 0 Å². The zero-order chi connectivity index (χ0) is 44.1. The number of piperidine rings is 1. The number of hydrogen-bond donors (Lipinski definition) is 5. The Balaban J connectivity index is 1.25. The SMILES string of the molecule is C[C@@H](NC(=O)c1cccc(NC2(C(N)=NC(=N)c3ccncc3)CCN(C(=O)OC(C)(C)C)CC2)c1)c1cccc(OCCCCCCOCCOCCOCCC(=O)O)c1. The monoisotopic (exact) mass is 845 g/mol. The van der Waals surface area contributed by atoms with Gasteiger partial charge in [0.1, 0.15) is 17.2 Å². The number of rotatable bonds is 24. The molecule has 0 radical (unpaired) electrons. The van der Waals surface area contributed by atoms with Gasteiger partial charge in [-0.25, -0.2) is 9.79 Å². The zero-order valence-electron chi connectivity index (χ0n) is 36.0. The van der Waals surface area contributed by atoms with E-state index in [0.29, 0.717) is 82.4 Å². The van der Waals surface area contributed by atoms with E-state index in [4.69, 9.17) is 39.9 Å². The number of aromatic nitrogens is 1. The third-order valence-corrected chi connectivity index (χ3v) is 9.82. The van der Waals surface area contributed by atoms with Gasteiger partial charge in [0.2, 0.25) is 0 Å². The van der Waals surface area contributed by atoms with Gasteiger partial charge in [-0.15, -0.1) is 0 Å². The maximum Gasteiger partial charge on any atom is 0.410 e. The summed E-state index contributed by atoms with van der Waals surface area (Å²) in [4.78, 5) is 47.2. The number of carboxylic acid groups (broad SMARTS) is 1. The zero-order valence-corrected chi connectivity index (χ0v) is 36.0. The first kappa shape index (κ1) is 48.1. The first-order chi connectivity index (χ1) is 29.2. The highest BCUT2D eigenvalue weighted by molar-refractivity contribution is 6.07. The predicted octanol–water partition coefficient (Wildman–Crippen LogP) is 6.60. The molecule has 1 atom stereocenters. The van der Waals surface area contributed by atoms with Crippen molar-refractivity contribution in [3.05, 3.63) is 89.7 Å². The maximum atomic E-state index is 13.6. The van der Waals surface area contributed by atoms with Gasteiger partial charge in [-0.05, 0) is 108 Å². The van der Waals surface area contributed by atoms with Crippen molar-refractivity contribution in [3.8, 4) is 5.75 Å². The highest BCUT2D eigenvalue weighted by Gasteiger charge is 2.41. The van der Waals surface area contributed by atoms with Crippen LogP contribution in [-0.4, -0.2) is 115 Å². The molecule has 4 rings (SSSR count). The molecule has 6 N–H and O–H groups in total. The Morgan fingerprint density at radius 2 is 1.51 bits per heavy atom. The van der Waals surface area contributed by atoms with Gasteiger partial charge in [-0.1, -0.05) is 24.6 Å². The highest BCUT2D eigenvalue weighted by atomic mass is 16.6. The highest BCUT2D eigenvalue weighted by Crippen LogP contribution is 2.30. The lowest BCUT2D eigenvalue weighted by Gasteiger charge is -2.42. The van der Waals surface area contributed by atoms with Crippen molar-refractivity contribution < 1.29 is 43.2 Å². The van der Waals surface area contributed by atoms with Crippen LogP contribution in [0.5, 0.6) is 5.75 Å². The van der Waals surface area contributed by atoms with Crippen LogP contribution in [0.25, 0.3) is 0 Å². The summed E-state index contributed by atoms with van der Waals surface area (Å²) >= 11 is 0. The number of aliphatic carboxylic acids is 1. The number of amides is 2. The third-order valence-electron chi connectivity index (χ3n) is 9.82. The fourth-order valence-electron chi connectivity index (χ4n) is 6.45. The average Bonchev–Trinajstić information content (AvgIpc) is 3.23. The molecule has 1 saturated heterocycles. The maximum absolute atomic E-state index is 13.6. The summed E-state index contributed by atoms with van der Waals surface area (Å²) in [6, 6.07) is 18.0. The fraction of sp³-hybridized carbons (Fsp3) is 0.511. The summed E-state index contributed by atoms with van der Waals surface area (Å²) in [6.07, 6.45) is 7.42. The van der Waals surface area contributed by atoms with Crippen LogP contribution in [0.1, 0.15) is 100 Å². The van der Waals surface area contributed by atoms with Crippen LogP contribution in [0.3, 0.4) is 0 Å². The van der Waals surface area contributed by atoms with E-state index >= 15 is 0 Å². The van der Waals surface area contributed by atoms with Crippen molar-refractivity contribution in [1.29, 1.82) is 5.41 Å². The van der Waals surface area contributed by atoms with E-state index in [2.05, 4.69) is 20.6 Å². The molecule has 1 aliphatic heterocycles. The van der Waals surface area contributed by atoms with Crippen LogP contribution in [0.15, 0.2) is 78.0 Å². The Morgan fingerprint density at radius 3 is 2.18 bits per heavy atom. The normalized spacial score (nSPS) is 14.5. The van der Waals surface area contributed by atoms with Gasteiger partial charge in [-0.3, -0.25) is 20.0 Å². The van der Waals surface area contributed by atoms with Crippen LogP contribution < -0.4 is 21.1 Å². The Labute approximate surface area is 359 Å². The van der Waals surface area contributed by atoms with Crippen molar-refractivity contribution in [2.45, 2.75) is 89.8 Å². The van der Waals surface area contributed by atoms with Crippen LogP contribution in [0.2, 0.25) is 0 Å². The standard InChI is InChI=1S/C45H63N7O9/c1-33(35-11-10-14-38(32-35)60-25-8-6-5-7-24-57-27-29-59-30-28-58-26-17-39(53)54)49-41(55)36-12-9-13-37(31-36)51-45(42(47)50-40(46)34-15-20-48-21-16-34)18-22-52(23-19-45)43(56)61-44(2,3)4/h9-16,20-21,31-33,51H,5-8,17-19,22-30H2,1-4H3,(H,49,55)(H,53,54)(H3,46,47,50)/t33-/m1/s1. The lowest BCUT2D eigenvalue weighted by atomic mass is 9.85. The number of carboxylic acids is 1. The van der Waals surface area contributed by atoms with Gasteiger partial charge < -0.3 is 50.1 Å². The smallest absolute Gasteiger partial charge is 0.410 e. The number of nitrogens with one attached hydrogen (secondary N) is 3. The Hall–Kier alpha value is -5.58. The predicted molar refractivity (Wildman–Crippen MR) is 234 cm³/mol.